The zero-order valence-corrected chi connectivity index (χ0v) is 12.7. The highest BCUT2D eigenvalue weighted by Crippen LogP contribution is 2.20. The third-order valence-corrected chi connectivity index (χ3v) is 3.78. The third-order valence-electron chi connectivity index (χ3n) is 3.58. The lowest BCUT2D eigenvalue weighted by molar-refractivity contribution is 0.400. The molecule has 17 heavy (non-hydrogen) atoms. The van der Waals surface area contributed by atoms with Gasteiger partial charge in [0.05, 0.1) is 4.99 Å². The molecule has 0 amide bonds. The number of unbranched alkanes of at least 4 members (excludes halogenated alkanes) is 5. The van der Waals surface area contributed by atoms with Crippen molar-refractivity contribution >= 4 is 17.2 Å². The van der Waals surface area contributed by atoms with Crippen LogP contribution in [0.4, 0.5) is 0 Å². The molecule has 0 aliphatic carbocycles. The van der Waals surface area contributed by atoms with Crippen LogP contribution in [0, 0.1) is 5.92 Å². The van der Waals surface area contributed by atoms with E-state index in [1.807, 2.05) is 0 Å². The van der Waals surface area contributed by atoms with Crippen molar-refractivity contribution < 1.29 is 0 Å². The predicted octanol–water partition coefficient (Wildman–Crippen LogP) is 5.22. The maximum absolute atomic E-state index is 5.47. The van der Waals surface area contributed by atoms with Gasteiger partial charge in [-0.05, 0) is 18.8 Å². The highest BCUT2D eigenvalue weighted by atomic mass is 32.1. The molecule has 0 bridgehead atoms. The van der Waals surface area contributed by atoms with Crippen molar-refractivity contribution in [3.05, 3.63) is 0 Å². The number of nitrogens with two attached hydrogens (primary N) is 1. The smallest absolute Gasteiger partial charge is 0.0727 e. The number of rotatable bonds is 12. The molecule has 0 aromatic rings. The Morgan fingerprint density at radius 3 is 2.12 bits per heavy atom. The van der Waals surface area contributed by atoms with Gasteiger partial charge in [-0.3, -0.25) is 0 Å². The fourth-order valence-corrected chi connectivity index (χ4v) is 2.45. The quantitative estimate of drug-likeness (QED) is 0.383. The molecule has 102 valence electrons. The Morgan fingerprint density at radius 1 is 0.941 bits per heavy atom. The molecule has 0 aliphatic rings. The van der Waals surface area contributed by atoms with Crippen molar-refractivity contribution in [2.24, 2.45) is 11.7 Å². The summed E-state index contributed by atoms with van der Waals surface area (Å²) in [6.45, 7) is 4.62. The molecule has 0 aliphatic heterocycles. The lowest BCUT2D eigenvalue weighted by Gasteiger charge is -2.13. The van der Waals surface area contributed by atoms with E-state index in [9.17, 15) is 0 Å². The number of thiocarbonyl (C=S) groups is 1. The Balaban J connectivity index is 3.27. The first-order chi connectivity index (χ1) is 8.20. The first kappa shape index (κ1) is 16.9. The first-order valence-corrected chi connectivity index (χ1v) is 7.89. The minimum absolute atomic E-state index is 0.676. The highest BCUT2D eigenvalue weighted by molar-refractivity contribution is 7.80. The Labute approximate surface area is 114 Å². The molecule has 2 N–H and O–H groups in total. The van der Waals surface area contributed by atoms with E-state index in [1.54, 1.807) is 0 Å². The van der Waals surface area contributed by atoms with Crippen LogP contribution in [0.3, 0.4) is 0 Å². The molecule has 2 heteroatoms. The molecule has 0 rings (SSSR count). The van der Waals surface area contributed by atoms with E-state index in [0.717, 1.165) is 12.3 Å². The number of hydrogen-bond donors (Lipinski definition) is 1. The Hall–Kier alpha value is -0.110. The first-order valence-electron chi connectivity index (χ1n) is 7.49. The lowest BCUT2D eigenvalue weighted by atomic mass is 9.93. The molecular formula is C15H31NS. The molecular weight excluding hydrogens is 226 g/mol. The monoisotopic (exact) mass is 257 g/mol. The van der Waals surface area contributed by atoms with E-state index in [4.69, 9.17) is 18.0 Å². The van der Waals surface area contributed by atoms with E-state index in [-0.39, 0.29) is 0 Å². The fourth-order valence-electron chi connectivity index (χ4n) is 2.31. The van der Waals surface area contributed by atoms with Gasteiger partial charge in [0.2, 0.25) is 0 Å². The standard InChI is InChI=1S/C15H31NS/c1-3-5-11-14(4-2)12-9-7-6-8-10-13-15(16)17/h14H,3-13H2,1-2H3,(H2,16,17). The SMILES string of the molecule is CCCCC(CC)CCCCCCCC(N)=S. The Kier molecular flexibility index (Phi) is 12.3. The molecule has 0 aromatic carbocycles. The van der Waals surface area contributed by atoms with Crippen LogP contribution in [0.15, 0.2) is 0 Å². The van der Waals surface area contributed by atoms with Gasteiger partial charge in [0.15, 0.2) is 0 Å². The summed E-state index contributed by atoms with van der Waals surface area (Å²) in [5.41, 5.74) is 5.47. The second kappa shape index (κ2) is 12.3. The van der Waals surface area contributed by atoms with Crippen LogP contribution in [0.25, 0.3) is 0 Å². The van der Waals surface area contributed by atoms with Crippen LogP contribution < -0.4 is 5.73 Å². The largest absolute Gasteiger partial charge is 0.393 e. The molecule has 0 heterocycles. The van der Waals surface area contributed by atoms with Gasteiger partial charge < -0.3 is 5.73 Å². The molecule has 1 nitrogen and oxygen atoms in total. The van der Waals surface area contributed by atoms with Crippen molar-refractivity contribution in [1.29, 1.82) is 0 Å². The molecule has 0 saturated carbocycles. The molecule has 0 spiro atoms. The average molecular weight is 257 g/mol. The van der Waals surface area contributed by atoms with Crippen molar-refractivity contribution in [2.75, 3.05) is 0 Å². The topological polar surface area (TPSA) is 26.0 Å². The minimum atomic E-state index is 0.676. The van der Waals surface area contributed by atoms with Crippen LogP contribution in [0.5, 0.6) is 0 Å². The van der Waals surface area contributed by atoms with Gasteiger partial charge in [-0.25, -0.2) is 0 Å². The lowest BCUT2D eigenvalue weighted by Crippen LogP contribution is -2.06. The predicted molar refractivity (Wildman–Crippen MR) is 82.4 cm³/mol. The van der Waals surface area contributed by atoms with Gasteiger partial charge in [-0.2, -0.15) is 0 Å². The Morgan fingerprint density at radius 2 is 1.53 bits per heavy atom. The van der Waals surface area contributed by atoms with E-state index in [2.05, 4.69) is 13.8 Å². The van der Waals surface area contributed by atoms with E-state index < -0.39 is 0 Å². The van der Waals surface area contributed by atoms with Crippen molar-refractivity contribution in [3.63, 3.8) is 0 Å². The van der Waals surface area contributed by atoms with Crippen LogP contribution in [-0.2, 0) is 0 Å². The fraction of sp³-hybridized carbons (Fsp3) is 0.933. The molecule has 0 fully saturated rings. The summed E-state index contributed by atoms with van der Waals surface area (Å²) < 4.78 is 0. The van der Waals surface area contributed by atoms with Gasteiger partial charge in [-0.1, -0.05) is 83.9 Å². The zero-order chi connectivity index (χ0) is 12.9. The summed E-state index contributed by atoms with van der Waals surface area (Å²) in [5, 5.41) is 0. The maximum atomic E-state index is 5.47. The molecule has 0 aromatic heterocycles. The van der Waals surface area contributed by atoms with Crippen molar-refractivity contribution in [2.45, 2.75) is 84.5 Å². The zero-order valence-electron chi connectivity index (χ0n) is 11.8. The second-order valence-electron chi connectivity index (χ2n) is 5.19. The normalized spacial score (nSPS) is 12.6. The van der Waals surface area contributed by atoms with Crippen LogP contribution >= 0.6 is 12.2 Å². The summed E-state index contributed by atoms with van der Waals surface area (Å²) in [6.07, 6.45) is 14.6. The Bertz CT molecular complexity index is 180. The molecule has 0 radical (unpaired) electrons. The van der Waals surface area contributed by atoms with Gasteiger partial charge in [0.1, 0.15) is 0 Å². The highest BCUT2D eigenvalue weighted by Gasteiger charge is 2.04. The van der Waals surface area contributed by atoms with Gasteiger partial charge in [0, 0.05) is 0 Å². The summed E-state index contributed by atoms with van der Waals surface area (Å²) >= 11 is 4.86. The summed E-state index contributed by atoms with van der Waals surface area (Å²) in [5.74, 6) is 0.978. The minimum Gasteiger partial charge on any atom is -0.393 e. The molecule has 0 saturated heterocycles. The van der Waals surface area contributed by atoms with Crippen LogP contribution in [-0.4, -0.2) is 4.99 Å². The average Bonchev–Trinajstić information content (AvgIpc) is 2.31. The van der Waals surface area contributed by atoms with Crippen molar-refractivity contribution in [1.82, 2.24) is 0 Å². The summed E-state index contributed by atoms with van der Waals surface area (Å²) in [6, 6.07) is 0. The molecule has 1 unspecified atom stereocenters. The maximum Gasteiger partial charge on any atom is 0.0727 e. The van der Waals surface area contributed by atoms with E-state index >= 15 is 0 Å². The third kappa shape index (κ3) is 12.1. The summed E-state index contributed by atoms with van der Waals surface area (Å²) in [7, 11) is 0. The number of hydrogen-bond acceptors (Lipinski definition) is 1. The second-order valence-corrected chi connectivity index (χ2v) is 5.71. The van der Waals surface area contributed by atoms with E-state index in [0.29, 0.717) is 4.99 Å². The summed E-state index contributed by atoms with van der Waals surface area (Å²) in [4.78, 5) is 0.676. The molecule has 1 atom stereocenters. The van der Waals surface area contributed by atoms with Crippen LogP contribution in [0.2, 0.25) is 0 Å². The van der Waals surface area contributed by atoms with Gasteiger partial charge in [-0.15, -0.1) is 0 Å². The van der Waals surface area contributed by atoms with E-state index in [1.165, 1.54) is 64.2 Å². The van der Waals surface area contributed by atoms with Crippen LogP contribution in [0.1, 0.15) is 84.5 Å². The van der Waals surface area contributed by atoms with Gasteiger partial charge in [0.25, 0.3) is 0 Å². The van der Waals surface area contributed by atoms with Gasteiger partial charge >= 0.3 is 0 Å². The van der Waals surface area contributed by atoms with Crippen molar-refractivity contribution in [3.8, 4) is 0 Å².